The van der Waals surface area contributed by atoms with Crippen LogP contribution in [-0.2, 0) is 4.43 Å². The van der Waals surface area contributed by atoms with Gasteiger partial charge in [-0.25, -0.2) is 0 Å². The van der Waals surface area contributed by atoms with Gasteiger partial charge in [0.2, 0.25) is 0 Å². The number of carbonyl (C=O) groups is 3. The number of benzene rings is 1. The van der Waals surface area contributed by atoms with Crippen LogP contribution in [0.4, 0.5) is 5.69 Å². The minimum Gasteiger partial charge on any atom is -0.321 e. The fourth-order valence-electron chi connectivity index (χ4n) is 2.08. The minimum atomic E-state index is -0.481. The van der Waals surface area contributed by atoms with Crippen molar-refractivity contribution in [2.45, 2.75) is 4.43 Å². The van der Waals surface area contributed by atoms with Crippen LogP contribution in [0.1, 0.15) is 35.3 Å². The molecule has 7 heteroatoms. The van der Waals surface area contributed by atoms with E-state index in [0.717, 1.165) is 9.30 Å². The number of rotatable bonds is 3. The number of nitrogens with one attached hydrogen (secondary N) is 2. The molecule has 0 unspecified atom stereocenters. The fraction of sp³-hybridized carbons (Fsp3) is 0.0714. The number of anilines is 1. The lowest BCUT2D eigenvalue weighted by molar-refractivity contribution is 0.0879. The molecule has 3 amide bonds. The molecule has 0 saturated carbocycles. The quantitative estimate of drug-likeness (QED) is 0.463. The van der Waals surface area contributed by atoms with Crippen molar-refractivity contribution in [1.29, 1.82) is 0 Å². The molecule has 0 saturated heterocycles. The van der Waals surface area contributed by atoms with Gasteiger partial charge in [-0.2, -0.15) is 0 Å². The molecule has 2 heterocycles. The van der Waals surface area contributed by atoms with Crippen LogP contribution in [0.3, 0.4) is 0 Å². The molecule has 106 valence electrons. The van der Waals surface area contributed by atoms with Gasteiger partial charge in [-0.3, -0.25) is 19.7 Å². The maximum absolute atomic E-state index is 12.2. The van der Waals surface area contributed by atoms with Crippen molar-refractivity contribution in [2.24, 2.45) is 0 Å². The van der Waals surface area contributed by atoms with Crippen molar-refractivity contribution in [3.8, 4) is 0 Å². The number of fused-ring (bicyclic) bond motifs is 1. The lowest BCUT2D eigenvalue weighted by atomic mass is 10.1. The zero-order chi connectivity index (χ0) is 15.0. The third-order valence-corrected chi connectivity index (χ3v) is 5.45. The van der Waals surface area contributed by atoms with Crippen LogP contribution in [0.25, 0.3) is 0 Å². The molecule has 1 aliphatic rings. The predicted molar refractivity (Wildman–Crippen MR) is 88.2 cm³/mol. The van der Waals surface area contributed by atoms with Crippen LogP contribution >= 0.6 is 33.9 Å². The predicted octanol–water partition coefficient (Wildman–Crippen LogP) is 2.82. The summed E-state index contributed by atoms with van der Waals surface area (Å²) >= 11 is 3.64. The maximum Gasteiger partial charge on any atom is 0.265 e. The number of hydrogen-bond acceptors (Lipinski definition) is 4. The summed E-state index contributed by atoms with van der Waals surface area (Å²) in [6.45, 7) is 0. The van der Waals surface area contributed by atoms with Crippen molar-refractivity contribution >= 4 is 57.3 Å². The Labute approximate surface area is 137 Å². The van der Waals surface area contributed by atoms with Gasteiger partial charge in [-0.05, 0) is 24.3 Å². The molecule has 0 radical (unpaired) electrons. The third-order valence-electron chi connectivity index (χ3n) is 3.03. The van der Waals surface area contributed by atoms with Gasteiger partial charge in [0.1, 0.15) is 0 Å². The van der Waals surface area contributed by atoms with Gasteiger partial charge in [0.05, 0.1) is 21.7 Å². The fourth-order valence-corrected chi connectivity index (χ4v) is 3.55. The molecular formula is C14H9IN2O3S. The maximum atomic E-state index is 12.2. The van der Waals surface area contributed by atoms with Crippen LogP contribution < -0.4 is 10.6 Å². The van der Waals surface area contributed by atoms with Gasteiger partial charge in [0.15, 0.2) is 0 Å². The van der Waals surface area contributed by atoms with E-state index in [-0.39, 0.29) is 17.0 Å². The Bertz CT molecular complexity index is 769. The molecule has 0 aliphatic carbocycles. The Kier molecular flexibility index (Phi) is 3.77. The number of amides is 3. The summed E-state index contributed by atoms with van der Waals surface area (Å²) in [7, 11) is 0. The number of carbonyl (C=O) groups excluding carboxylic acids is 3. The minimum absolute atomic E-state index is 0.224. The molecule has 2 aromatic rings. The summed E-state index contributed by atoms with van der Waals surface area (Å²) < 4.78 is 0.841. The summed E-state index contributed by atoms with van der Waals surface area (Å²) in [5.41, 5.74) is 0.865. The Morgan fingerprint density at radius 1 is 1.19 bits per heavy atom. The molecule has 21 heavy (non-hydrogen) atoms. The highest BCUT2D eigenvalue weighted by Gasteiger charge is 2.29. The van der Waals surface area contributed by atoms with Crippen LogP contribution in [0, 0.1) is 0 Å². The first-order valence-corrected chi connectivity index (χ1v) is 8.39. The topological polar surface area (TPSA) is 75.3 Å². The standard InChI is InChI=1S/C14H9IN2O3S/c15-6-7-4-5-10(21-7)13(19)16-9-3-1-2-8-11(9)14(20)17-12(8)18/h1-5H,6H2,(H,16,19)(H,17,18,20). The Morgan fingerprint density at radius 3 is 2.71 bits per heavy atom. The van der Waals surface area contributed by atoms with Gasteiger partial charge in [-0.1, -0.05) is 28.7 Å². The lowest BCUT2D eigenvalue weighted by Crippen LogP contribution is -2.20. The highest BCUT2D eigenvalue weighted by molar-refractivity contribution is 14.1. The summed E-state index contributed by atoms with van der Waals surface area (Å²) in [6.07, 6.45) is 0. The van der Waals surface area contributed by atoms with E-state index in [4.69, 9.17) is 0 Å². The monoisotopic (exact) mass is 412 g/mol. The number of alkyl halides is 1. The van der Waals surface area contributed by atoms with E-state index in [1.54, 1.807) is 24.3 Å². The number of imide groups is 1. The Morgan fingerprint density at radius 2 is 2.00 bits per heavy atom. The van der Waals surface area contributed by atoms with Gasteiger partial charge < -0.3 is 5.32 Å². The van der Waals surface area contributed by atoms with E-state index in [0.29, 0.717) is 10.6 Å². The highest BCUT2D eigenvalue weighted by atomic mass is 127. The van der Waals surface area contributed by atoms with Crippen LogP contribution in [0.2, 0.25) is 0 Å². The summed E-state index contributed by atoms with van der Waals surface area (Å²) in [4.78, 5) is 37.3. The number of hydrogen-bond donors (Lipinski definition) is 2. The molecule has 0 fully saturated rings. The van der Waals surface area contributed by atoms with E-state index in [1.807, 2.05) is 6.07 Å². The Balaban J connectivity index is 1.91. The second-order valence-electron chi connectivity index (χ2n) is 4.37. The molecule has 1 aromatic carbocycles. The van der Waals surface area contributed by atoms with E-state index in [1.165, 1.54) is 11.3 Å². The SMILES string of the molecule is O=C(Nc1cccc2c1C(=O)NC2=O)c1ccc(CI)s1. The first kappa shape index (κ1) is 14.2. The van der Waals surface area contributed by atoms with Crippen LogP contribution in [-0.4, -0.2) is 17.7 Å². The van der Waals surface area contributed by atoms with Crippen molar-refractivity contribution in [3.63, 3.8) is 0 Å². The first-order chi connectivity index (χ1) is 10.1. The lowest BCUT2D eigenvalue weighted by Gasteiger charge is -2.07. The van der Waals surface area contributed by atoms with Crippen molar-refractivity contribution < 1.29 is 14.4 Å². The third kappa shape index (κ3) is 2.58. The zero-order valence-corrected chi connectivity index (χ0v) is 13.6. The zero-order valence-electron chi connectivity index (χ0n) is 10.6. The van der Waals surface area contributed by atoms with Crippen LogP contribution in [0.5, 0.6) is 0 Å². The molecule has 2 N–H and O–H groups in total. The van der Waals surface area contributed by atoms with E-state index in [9.17, 15) is 14.4 Å². The molecule has 1 aliphatic heterocycles. The molecular weight excluding hydrogens is 403 g/mol. The molecule has 5 nitrogen and oxygen atoms in total. The van der Waals surface area contributed by atoms with E-state index >= 15 is 0 Å². The summed E-state index contributed by atoms with van der Waals surface area (Å²) in [6, 6.07) is 8.46. The van der Waals surface area contributed by atoms with Gasteiger partial charge in [0.25, 0.3) is 17.7 Å². The molecule has 0 atom stereocenters. The van der Waals surface area contributed by atoms with Gasteiger partial charge in [0, 0.05) is 9.30 Å². The van der Waals surface area contributed by atoms with E-state index < -0.39 is 11.8 Å². The smallest absolute Gasteiger partial charge is 0.265 e. The first-order valence-electron chi connectivity index (χ1n) is 6.05. The number of halogens is 1. The van der Waals surface area contributed by atoms with Gasteiger partial charge in [-0.15, -0.1) is 11.3 Å². The van der Waals surface area contributed by atoms with E-state index in [2.05, 4.69) is 33.2 Å². The average Bonchev–Trinajstić information content (AvgIpc) is 3.05. The van der Waals surface area contributed by atoms with Crippen LogP contribution in [0.15, 0.2) is 30.3 Å². The van der Waals surface area contributed by atoms with Gasteiger partial charge >= 0.3 is 0 Å². The number of thiophene rings is 1. The largest absolute Gasteiger partial charge is 0.321 e. The molecule has 0 bridgehead atoms. The summed E-state index contributed by atoms with van der Waals surface area (Å²) in [5.74, 6) is -1.20. The normalized spacial score (nSPS) is 13.0. The molecule has 3 rings (SSSR count). The van der Waals surface area contributed by atoms with Crippen molar-refractivity contribution in [3.05, 3.63) is 51.2 Å². The average molecular weight is 412 g/mol. The molecule has 0 spiro atoms. The second-order valence-corrected chi connectivity index (χ2v) is 6.30. The Hall–Kier alpha value is -1.74. The van der Waals surface area contributed by atoms with Crippen molar-refractivity contribution in [2.75, 3.05) is 5.32 Å². The van der Waals surface area contributed by atoms with Crippen molar-refractivity contribution in [1.82, 2.24) is 5.32 Å². The molecule has 1 aromatic heterocycles. The second kappa shape index (κ2) is 5.57. The summed E-state index contributed by atoms with van der Waals surface area (Å²) in [5, 5.41) is 4.92. The highest BCUT2D eigenvalue weighted by Crippen LogP contribution is 2.26.